The molecule has 4 aromatic rings. The minimum Gasteiger partial charge on any atom is -0.294 e. The number of imidazole rings is 1. The van der Waals surface area contributed by atoms with Crippen molar-refractivity contribution in [2.24, 2.45) is 0 Å². The van der Waals surface area contributed by atoms with Crippen molar-refractivity contribution in [3.05, 3.63) is 99.5 Å². The van der Waals surface area contributed by atoms with E-state index < -0.39 is 0 Å². The summed E-state index contributed by atoms with van der Waals surface area (Å²) in [6, 6.07) is 16.8. The fourth-order valence-electron chi connectivity index (χ4n) is 5.01. The van der Waals surface area contributed by atoms with E-state index in [1.807, 2.05) is 53.2 Å². The minimum absolute atomic E-state index is 0.00138. The lowest BCUT2D eigenvalue weighted by Gasteiger charge is -2.20. The van der Waals surface area contributed by atoms with Crippen LogP contribution in [0, 0.1) is 12.7 Å². The Morgan fingerprint density at radius 2 is 1.79 bits per heavy atom. The van der Waals surface area contributed by atoms with Crippen molar-refractivity contribution in [1.82, 2.24) is 14.1 Å². The van der Waals surface area contributed by atoms with E-state index in [1.54, 1.807) is 4.57 Å². The van der Waals surface area contributed by atoms with Crippen molar-refractivity contribution < 1.29 is 4.39 Å². The van der Waals surface area contributed by atoms with Gasteiger partial charge < -0.3 is 0 Å². The van der Waals surface area contributed by atoms with Crippen molar-refractivity contribution in [3.8, 4) is 22.5 Å². The summed E-state index contributed by atoms with van der Waals surface area (Å²) in [6.07, 6.45) is 3.64. The molecule has 0 spiro atoms. The molecule has 0 amide bonds. The summed E-state index contributed by atoms with van der Waals surface area (Å²) >= 11 is 0. The Morgan fingerprint density at radius 3 is 2.48 bits per heavy atom. The highest BCUT2D eigenvalue weighted by Crippen LogP contribution is 2.39. The van der Waals surface area contributed by atoms with Gasteiger partial charge in [0.2, 0.25) is 0 Å². The van der Waals surface area contributed by atoms with E-state index in [0.717, 1.165) is 57.7 Å². The maximum absolute atomic E-state index is 13.7. The van der Waals surface area contributed by atoms with Gasteiger partial charge in [-0.2, -0.15) is 0 Å². The van der Waals surface area contributed by atoms with Crippen LogP contribution in [0.5, 0.6) is 0 Å². The molecule has 5 rings (SSSR count). The topological polar surface area (TPSA) is 39.8 Å². The van der Waals surface area contributed by atoms with Gasteiger partial charge in [0.05, 0.1) is 17.9 Å². The Hall–Kier alpha value is -3.47. The normalized spacial score (nSPS) is 13.0. The minimum atomic E-state index is -0.243. The lowest BCUT2D eigenvalue weighted by atomic mass is 9.88. The van der Waals surface area contributed by atoms with Crippen LogP contribution in [0.4, 0.5) is 4.39 Å². The maximum atomic E-state index is 13.7. The van der Waals surface area contributed by atoms with Crippen molar-refractivity contribution in [1.29, 1.82) is 0 Å². The average Bonchev–Trinajstić information content (AvgIpc) is 2.99. The number of halogens is 1. The Kier molecular flexibility index (Phi) is 5.49. The van der Waals surface area contributed by atoms with E-state index in [0.29, 0.717) is 13.1 Å². The van der Waals surface area contributed by atoms with Crippen LogP contribution in [0.3, 0.4) is 0 Å². The highest BCUT2D eigenvalue weighted by molar-refractivity contribution is 5.79. The number of hydrogen-bond donors (Lipinski definition) is 0. The molecule has 5 heteroatoms. The first kappa shape index (κ1) is 21.4. The van der Waals surface area contributed by atoms with Crippen molar-refractivity contribution in [2.45, 2.75) is 52.6 Å². The molecule has 1 aliphatic heterocycles. The van der Waals surface area contributed by atoms with Gasteiger partial charge in [0.1, 0.15) is 5.82 Å². The van der Waals surface area contributed by atoms with Gasteiger partial charge in [0.15, 0.2) is 0 Å². The molecule has 0 unspecified atom stereocenters. The second kappa shape index (κ2) is 8.47. The molecular weight excluding hydrogens is 413 g/mol. The van der Waals surface area contributed by atoms with Crippen LogP contribution in [0.25, 0.3) is 22.5 Å². The summed E-state index contributed by atoms with van der Waals surface area (Å²) in [6.45, 7) is 7.58. The van der Waals surface area contributed by atoms with Crippen molar-refractivity contribution in [2.75, 3.05) is 0 Å². The quantitative estimate of drug-likeness (QED) is 0.393. The standard InChI is InChI=1S/C28H28FN3O/c1-18(2)26-19(3)25(21-11-13-22(29)14-12-21)23-10-7-15-32-24(27(23)30-26)17-31(28(32)33)16-20-8-5-4-6-9-20/h4-6,8-9,11-14,17-18H,7,10,15-16H2,1-3H3. The van der Waals surface area contributed by atoms with E-state index >= 15 is 0 Å². The van der Waals surface area contributed by atoms with Crippen molar-refractivity contribution in [3.63, 3.8) is 0 Å². The zero-order chi connectivity index (χ0) is 23.1. The molecule has 2 aromatic heterocycles. The molecule has 3 heterocycles. The molecule has 168 valence electrons. The zero-order valence-corrected chi connectivity index (χ0v) is 19.3. The third-order valence-electron chi connectivity index (χ3n) is 6.55. The number of rotatable bonds is 4. The van der Waals surface area contributed by atoms with E-state index in [4.69, 9.17) is 4.98 Å². The van der Waals surface area contributed by atoms with E-state index in [-0.39, 0.29) is 17.4 Å². The van der Waals surface area contributed by atoms with Crippen molar-refractivity contribution >= 4 is 0 Å². The number of hydrogen-bond acceptors (Lipinski definition) is 2. The Morgan fingerprint density at radius 1 is 1.06 bits per heavy atom. The highest BCUT2D eigenvalue weighted by Gasteiger charge is 2.26. The summed E-state index contributed by atoms with van der Waals surface area (Å²) in [5.74, 6) is -0.0169. The Balaban J connectivity index is 1.74. The van der Waals surface area contributed by atoms with Gasteiger partial charge in [0.25, 0.3) is 0 Å². The summed E-state index contributed by atoms with van der Waals surface area (Å²) in [5, 5.41) is 0. The Bertz CT molecular complexity index is 1370. The second-order valence-electron chi connectivity index (χ2n) is 9.15. The number of pyridine rings is 1. The predicted octanol–water partition coefficient (Wildman–Crippen LogP) is 5.94. The lowest BCUT2D eigenvalue weighted by molar-refractivity contribution is 0.613. The maximum Gasteiger partial charge on any atom is 0.328 e. The first-order valence-corrected chi connectivity index (χ1v) is 11.6. The predicted molar refractivity (Wildman–Crippen MR) is 130 cm³/mol. The molecule has 4 nitrogen and oxygen atoms in total. The molecule has 33 heavy (non-hydrogen) atoms. The average molecular weight is 442 g/mol. The molecule has 0 radical (unpaired) electrons. The SMILES string of the molecule is Cc1c(C(C)C)nc2c(c1-c1ccc(F)cc1)CCCn1c-2cn(Cc2ccccc2)c1=O. The molecule has 0 bridgehead atoms. The van der Waals surface area contributed by atoms with Gasteiger partial charge in [-0.05, 0) is 65.6 Å². The molecular formula is C28H28FN3O. The molecule has 0 fully saturated rings. The van der Waals surface area contributed by atoms with Crippen LogP contribution >= 0.6 is 0 Å². The molecule has 0 saturated heterocycles. The fraction of sp³-hybridized carbons (Fsp3) is 0.286. The third-order valence-corrected chi connectivity index (χ3v) is 6.55. The first-order chi connectivity index (χ1) is 15.9. The largest absolute Gasteiger partial charge is 0.328 e. The van der Waals surface area contributed by atoms with Gasteiger partial charge in [-0.25, -0.2) is 9.18 Å². The first-order valence-electron chi connectivity index (χ1n) is 11.6. The molecule has 0 saturated carbocycles. The summed E-state index contributed by atoms with van der Waals surface area (Å²) in [7, 11) is 0. The van der Waals surface area contributed by atoms with Gasteiger partial charge in [0, 0.05) is 18.4 Å². The van der Waals surface area contributed by atoms with Gasteiger partial charge in [-0.3, -0.25) is 14.1 Å². The van der Waals surface area contributed by atoms with E-state index in [9.17, 15) is 9.18 Å². The zero-order valence-electron chi connectivity index (χ0n) is 19.3. The van der Waals surface area contributed by atoms with Crippen LogP contribution in [-0.2, 0) is 19.5 Å². The summed E-state index contributed by atoms with van der Waals surface area (Å²) in [5.41, 5.74) is 8.25. The van der Waals surface area contributed by atoms with Crippen LogP contribution in [0.1, 0.15) is 48.6 Å². The van der Waals surface area contributed by atoms with Gasteiger partial charge >= 0.3 is 5.69 Å². The molecule has 1 aliphatic rings. The summed E-state index contributed by atoms with van der Waals surface area (Å²) < 4.78 is 17.3. The highest BCUT2D eigenvalue weighted by atomic mass is 19.1. The molecule has 0 N–H and O–H groups in total. The van der Waals surface area contributed by atoms with Gasteiger partial charge in [-0.15, -0.1) is 0 Å². The number of fused-ring (bicyclic) bond motifs is 3. The van der Waals surface area contributed by atoms with Crippen LogP contribution < -0.4 is 5.69 Å². The number of nitrogens with zero attached hydrogens (tertiary/aromatic N) is 3. The molecule has 0 aliphatic carbocycles. The number of benzene rings is 2. The lowest BCUT2D eigenvalue weighted by Crippen LogP contribution is -2.24. The fourth-order valence-corrected chi connectivity index (χ4v) is 5.01. The van der Waals surface area contributed by atoms with E-state index in [1.165, 1.54) is 12.1 Å². The number of aromatic nitrogens is 3. The Labute approximate surface area is 193 Å². The second-order valence-corrected chi connectivity index (χ2v) is 9.15. The third kappa shape index (κ3) is 3.82. The van der Waals surface area contributed by atoms with Crippen LogP contribution in [0.15, 0.2) is 65.6 Å². The van der Waals surface area contributed by atoms with Gasteiger partial charge in [-0.1, -0.05) is 56.3 Å². The smallest absolute Gasteiger partial charge is 0.294 e. The van der Waals surface area contributed by atoms with Crippen LogP contribution in [-0.4, -0.2) is 14.1 Å². The molecule has 0 atom stereocenters. The monoisotopic (exact) mass is 441 g/mol. The summed E-state index contributed by atoms with van der Waals surface area (Å²) in [4.78, 5) is 18.4. The van der Waals surface area contributed by atoms with E-state index in [2.05, 4.69) is 20.8 Å². The van der Waals surface area contributed by atoms with Crippen LogP contribution in [0.2, 0.25) is 0 Å². The molecule has 2 aromatic carbocycles.